The van der Waals surface area contributed by atoms with Crippen LogP contribution in [0.25, 0.3) is 0 Å². The Hall–Kier alpha value is -2.27. The van der Waals surface area contributed by atoms with Crippen molar-refractivity contribution in [3.63, 3.8) is 0 Å². The van der Waals surface area contributed by atoms with Gasteiger partial charge in [-0.25, -0.2) is 0 Å². The predicted molar refractivity (Wildman–Crippen MR) is 138 cm³/mol. The summed E-state index contributed by atoms with van der Waals surface area (Å²) >= 11 is 0. The van der Waals surface area contributed by atoms with Crippen molar-refractivity contribution in [1.82, 2.24) is 14.7 Å². The summed E-state index contributed by atoms with van der Waals surface area (Å²) in [5.74, 6) is -2.45. The van der Waals surface area contributed by atoms with Crippen LogP contribution in [0.5, 0.6) is 0 Å². The molecule has 0 aliphatic carbocycles. The fourth-order valence-electron chi connectivity index (χ4n) is 6.81. The lowest BCUT2D eigenvalue weighted by molar-refractivity contribution is -0.160. The van der Waals surface area contributed by atoms with E-state index in [9.17, 15) is 14.4 Å². The van der Waals surface area contributed by atoms with Crippen LogP contribution in [0.2, 0.25) is 0 Å². The average molecular weight is 532 g/mol. The van der Waals surface area contributed by atoms with Gasteiger partial charge < -0.3 is 29.1 Å². The van der Waals surface area contributed by atoms with Crippen molar-refractivity contribution in [3.8, 4) is 0 Å². The number of rotatable bonds is 9. The minimum absolute atomic E-state index is 0.135. The van der Waals surface area contributed by atoms with Crippen LogP contribution in [0.15, 0.2) is 24.3 Å². The van der Waals surface area contributed by atoms with E-state index in [0.29, 0.717) is 52.1 Å². The van der Waals surface area contributed by atoms with Gasteiger partial charge in [-0.2, -0.15) is 0 Å². The molecule has 5 atom stereocenters. The molecule has 10 nitrogen and oxygen atoms in total. The number of hydrogen-bond acceptors (Lipinski definition) is 8. The van der Waals surface area contributed by atoms with Crippen LogP contribution < -0.4 is 0 Å². The van der Waals surface area contributed by atoms with E-state index in [0.717, 1.165) is 32.5 Å². The average Bonchev–Trinajstić information content (AvgIpc) is 3.22. The van der Waals surface area contributed by atoms with E-state index in [1.54, 1.807) is 4.90 Å². The lowest BCUT2D eigenvalue weighted by Gasteiger charge is -2.38. The Balaban J connectivity index is 1.45. The van der Waals surface area contributed by atoms with Crippen molar-refractivity contribution in [3.05, 3.63) is 24.3 Å². The van der Waals surface area contributed by atoms with Crippen LogP contribution in [-0.4, -0.2) is 121 Å². The first kappa shape index (κ1) is 27.3. The Kier molecular flexibility index (Phi) is 8.23. The van der Waals surface area contributed by atoms with Gasteiger partial charge >= 0.3 is 5.97 Å². The van der Waals surface area contributed by atoms with Gasteiger partial charge in [-0.1, -0.05) is 37.1 Å². The van der Waals surface area contributed by atoms with Crippen LogP contribution in [0.1, 0.15) is 39.0 Å². The molecule has 210 valence electrons. The number of cyclic esters (lactones) is 1. The fraction of sp³-hybridized carbons (Fsp3) is 0.750. The molecule has 0 aromatic heterocycles. The normalized spacial score (nSPS) is 35.4. The van der Waals surface area contributed by atoms with Crippen LogP contribution >= 0.6 is 0 Å². The molecule has 0 bridgehead atoms. The second-order valence-electron chi connectivity index (χ2n) is 11.2. The number of esters is 1. The highest BCUT2D eigenvalue weighted by molar-refractivity contribution is 5.99. The molecule has 5 heterocycles. The Morgan fingerprint density at radius 3 is 2.50 bits per heavy atom. The van der Waals surface area contributed by atoms with Gasteiger partial charge in [-0.05, 0) is 26.2 Å². The van der Waals surface area contributed by atoms with Crippen LogP contribution in [0.4, 0.5) is 0 Å². The molecule has 0 aromatic carbocycles. The molecule has 2 amide bonds. The Bertz CT molecular complexity index is 964. The van der Waals surface area contributed by atoms with Crippen LogP contribution in [-0.2, 0) is 28.6 Å². The Morgan fingerprint density at radius 1 is 0.921 bits per heavy atom. The minimum Gasteiger partial charge on any atom is -0.465 e. The Labute approximate surface area is 224 Å². The second kappa shape index (κ2) is 11.5. The molecule has 1 N–H and O–H groups in total. The van der Waals surface area contributed by atoms with E-state index in [1.807, 2.05) is 36.1 Å². The Morgan fingerprint density at radius 2 is 1.71 bits per heavy atom. The molecule has 5 aliphatic heterocycles. The number of morpholine rings is 1. The molecule has 10 heteroatoms. The number of likely N-dealkylation sites (tertiary alicyclic amines) is 1. The highest BCUT2D eigenvalue weighted by Gasteiger charge is 2.74. The zero-order valence-electron chi connectivity index (χ0n) is 22.4. The lowest BCUT2D eigenvalue weighted by Crippen LogP contribution is -2.56. The van der Waals surface area contributed by atoms with Gasteiger partial charge in [0.05, 0.1) is 31.3 Å². The molecule has 0 saturated carbocycles. The quantitative estimate of drug-likeness (QED) is 0.264. The first-order chi connectivity index (χ1) is 18.4. The van der Waals surface area contributed by atoms with Crippen molar-refractivity contribution in [2.45, 2.75) is 56.3 Å². The molecular formula is C28H41N3O7. The van der Waals surface area contributed by atoms with Gasteiger partial charge in [0, 0.05) is 45.9 Å². The molecule has 5 rings (SSSR count). The zero-order valence-corrected chi connectivity index (χ0v) is 22.4. The number of ether oxygens (including phenoxy) is 3. The van der Waals surface area contributed by atoms with Crippen molar-refractivity contribution >= 4 is 17.8 Å². The minimum atomic E-state index is -1.24. The van der Waals surface area contributed by atoms with Crippen LogP contribution in [0, 0.1) is 11.8 Å². The summed E-state index contributed by atoms with van der Waals surface area (Å²) in [6.45, 7) is 7.40. The first-order valence-corrected chi connectivity index (χ1v) is 14.1. The van der Waals surface area contributed by atoms with Gasteiger partial charge in [0.25, 0.3) is 0 Å². The number of hydrogen-bond donors (Lipinski definition) is 1. The second-order valence-corrected chi connectivity index (χ2v) is 11.2. The number of amides is 2. The summed E-state index contributed by atoms with van der Waals surface area (Å²) in [4.78, 5) is 47.5. The monoisotopic (exact) mass is 531 g/mol. The summed E-state index contributed by atoms with van der Waals surface area (Å²) < 4.78 is 17.8. The number of unbranched alkanes of at least 4 members (excludes halogenated alkanes) is 3. The number of nitrogens with zero attached hydrogens (tertiary/aromatic N) is 3. The van der Waals surface area contributed by atoms with Crippen molar-refractivity contribution in [1.29, 1.82) is 0 Å². The van der Waals surface area contributed by atoms with E-state index in [-0.39, 0.29) is 25.0 Å². The highest BCUT2D eigenvalue weighted by atomic mass is 16.6. The molecule has 1 spiro atoms. The topological polar surface area (TPSA) is 109 Å². The standard InChI is InChI=1S/C28H41N3O7/c1-27-9-4-7-18-37-26(35)22(27)21-24(33)31(12-5-2-3-6-17-32)23-25(34)30(11-8-10-28(21,23)38-27)14-13-29-15-19-36-20-16-29/h4,8-10,21-23,32H,2-3,5-7,11-20H2,1H3/t21-,22-,23?,27+,28-/m0/s1. The van der Waals surface area contributed by atoms with Gasteiger partial charge in [0.2, 0.25) is 11.8 Å². The SMILES string of the molecule is C[C@@]12C=CCCOC(=O)[C@@H]1[C@H]1C(=O)N(CCCCCCO)C3C(=O)N(CCN4CCOCC4)CC=C[C@@]31O2. The van der Waals surface area contributed by atoms with E-state index < -0.39 is 35.0 Å². The maximum absolute atomic E-state index is 14.3. The maximum Gasteiger partial charge on any atom is 0.313 e. The van der Waals surface area contributed by atoms with E-state index in [4.69, 9.17) is 19.3 Å². The number of fused-ring (bicyclic) bond motifs is 2. The molecule has 3 fully saturated rings. The van der Waals surface area contributed by atoms with Gasteiger partial charge in [0.1, 0.15) is 17.6 Å². The first-order valence-electron chi connectivity index (χ1n) is 14.1. The third-order valence-corrected chi connectivity index (χ3v) is 8.70. The third-order valence-electron chi connectivity index (χ3n) is 8.70. The van der Waals surface area contributed by atoms with Crippen LogP contribution in [0.3, 0.4) is 0 Å². The van der Waals surface area contributed by atoms with E-state index in [1.165, 1.54) is 0 Å². The van der Waals surface area contributed by atoms with Crippen molar-refractivity contribution < 1.29 is 33.7 Å². The number of aliphatic hydroxyl groups is 1. The summed E-state index contributed by atoms with van der Waals surface area (Å²) in [6, 6.07) is -0.840. The van der Waals surface area contributed by atoms with Crippen molar-refractivity contribution in [2.24, 2.45) is 11.8 Å². The molecule has 3 saturated heterocycles. The van der Waals surface area contributed by atoms with Gasteiger partial charge in [-0.15, -0.1) is 0 Å². The number of carbonyl (C=O) groups excluding carboxylic acids is 3. The van der Waals surface area contributed by atoms with E-state index in [2.05, 4.69) is 4.90 Å². The maximum atomic E-state index is 14.3. The summed E-state index contributed by atoms with van der Waals surface area (Å²) in [7, 11) is 0. The van der Waals surface area contributed by atoms with E-state index >= 15 is 0 Å². The lowest BCUT2D eigenvalue weighted by atomic mass is 9.74. The fourth-order valence-corrected chi connectivity index (χ4v) is 6.81. The molecule has 0 aromatic rings. The number of carbonyl (C=O) groups is 3. The van der Waals surface area contributed by atoms with Gasteiger partial charge in [0.15, 0.2) is 0 Å². The molecule has 5 aliphatic rings. The summed E-state index contributed by atoms with van der Waals surface area (Å²) in [5, 5.41) is 9.13. The predicted octanol–water partition coefficient (Wildman–Crippen LogP) is 0.744. The van der Waals surface area contributed by atoms with Crippen molar-refractivity contribution in [2.75, 3.05) is 65.7 Å². The third kappa shape index (κ3) is 4.92. The largest absolute Gasteiger partial charge is 0.465 e. The zero-order chi connectivity index (χ0) is 26.8. The molecular weight excluding hydrogens is 490 g/mol. The molecule has 38 heavy (non-hydrogen) atoms. The summed E-state index contributed by atoms with van der Waals surface area (Å²) in [5.41, 5.74) is -2.28. The van der Waals surface area contributed by atoms with Gasteiger partial charge in [-0.3, -0.25) is 19.3 Å². The molecule has 0 radical (unpaired) electrons. The summed E-state index contributed by atoms with van der Waals surface area (Å²) in [6.07, 6.45) is 11.3. The molecule has 1 unspecified atom stereocenters. The highest BCUT2D eigenvalue weighted by Crippen LogP contribution is 2.57. The smallest absolute Gasteiger partial charge is 0.313 e. The number of aliphatic hydroxyl groups excluding tert-OH is 1.